The number of rotatable bonds is 3. The highest BCUT2D eigenvalue weighted by Crippen LogP contribution is 2.46. The summed E-state index contributed by atoms with van der Waals surface area (Å²) in [5.74, 6) is 7.73. The molecule has 0 heterocycles. The van der Waals surface area contributed by atoms with Crippen molar-refractivity contribution >= 4 is 21.5 Å². The van der Waals surface area contributed by atoms with Gasteiger partial charge in [0.1, 0.15) is 0 Å². The van der Waals surface area contributed by atoms with Crippen molar-refractivity contribution in [3.63, 3.8) is 0 Å². The summed E-state index contributed by atoms with van der Waals surface area (Å²) < 4.78 is 0. The monoisotopic (exact) mass is 644 g/mol. The third-order valence-corrected chi connectivity index (χ3v) is 11.4. The van der Waals surface area contributed by atoms with Crippen LogP contribution >= 0.6 is 0 Å². The van der Waals surface area contributed by atoms with Crippen LogP contribution in [-0.4, -0.2) is 0 Å². The van der Waals surface area contributed by atoms with Gasteiger partial charge in [-0.15, -0.1) is 0 Å². The summed E-state index contributed by atoms with van der Waals surface area (Å²) in [4.78, 5) is 0. The lowest BCUT2D eigenvalue weighted by molar-refractivity contribution is 0.614. The van der Waals surface area contributed by atoms with Crippen molar-refractivity contribution in [1.82, 2.24) is 0 Å². The van der Waals surface area contributed by atoms with Crippen LogP contribution in [0.2, 0.25) is 0 Å². The van der Waals surface area contributed by atoms with Crippen LogP contribution in [0.3, 0.4) is 0 Å². The molecule has 7 aromatic rings. The lowest BCUT2D eigenvalue weighted by atomic mass is 9.70. The van der Waals surface area contributed by atoms with E-state index in [4.69, 9.17) is 0 Å². The standard InChI is InChI=1S/C50H44/c1-33-30-38-18-9-14-25-46(38)50(5,6)48-31-34(2)47(32-44(33)48)49(3,4)45-24-13-8-17-37(45)27-26-36-28-29-43(41-22-12-11-21-40(36)41)42-23-15-19-35-16-7-10-20-39(35)42/h7-25,28-29,31-33H,30H2,1-6H3. The minimum Gasteiger partial charge on any atom is -0.0620 e. The normalized spacial score (nSPS) is 15.1. The summed E-state index contributed by atoms with van der Waals surface area (Å²) in [6, 6.07) is 51.2. The first-order valence-electron chi connectivity index (χ1n) is 18.0. The molecule has 8 rings (SSSR count). The lowest BCUT2D eigenvalue weighted by Gasteiger charge is -2.34. The van der Waals surface area contributed by atoms with Crippen molar-refractivity contribution in [1.29, 1.82) is 0 Å². The third-order valence-electron chi connectivity index (χ3n) is 11.4. The zero-order valence-corrected chi connectivity index (χ0v) is 30.1. The van der Waals surface area contributed by atoms with Crippen LogP contribution in [0.4, 0.5) is 0 Å². The zero-order valence-electron chi connectivity index (χ0n) is 30.1. The number of fused-ring (bicyclic) bond motifs is 4. The fraction of sp³-hybridized carbons (Fsp3) is 0.200. The molecule has 1 unspecified atom stereocenters. The minimum atomic E-state index is -0.242. The molecule has 7 aromatic carbocycles. The topological polar surface area (TPSA) is 0 Å². The highest BCUT2D eigenvalue weighted by molar-refractivity contribution is 6.06. The molecule has 0 spiro atoms. The van der Waals surface area contributed by atoms with Crippen molar-refractivity contribution in [3.8, 4) is 23.0 Å². The van der Waals surface area contributed by atoms with Crippen molar-refractivity contribution in [2.45, 2.75) is 64.7 Å². The highest BCUT2D eigenvalue weighted by atomic mass is 14.4. The Morgan fingerprint density at radius 1 is 0.580 bits per heavy atom. The molecular weight excluding hydrogens is 601 g/mol. The first kappa shape index (κ1) is 31.9. The van der Waals surface area contributed by atoms with E-state index in [0.717, 1.165) is 17.5 Å². The number of aryl methyl sites for hydroxylation is 1. The Balaban J connectivity index is 1.21. The van der Waals surface area contributed by atoms with Crippen LogP contribution < -0.4 is 0 Å². The van der Waals surface area contributed by atoms with Gasteiger partial charge in [-0.2, -0.15) is 0 Å². The van der Waals surface area contributed by atoms with Gasteiger partial charge in [-0.1, -0.05) is 174 Å². The van der Waals surface area contributed by atoms with Gasteiger partial charge in [-0.25, -0.2) is 0 Å². The Morgan fingerprint density at radius 3 is 2.06 bits per heavy atom. The molecule has 1 aliphatic rings. The van der Waals surface area contributed by atoms with Crippen LogP contribution in [-0.2, 0) is 17.3 Å². The summed E-state index contributed by atoms with van der Waals surface area (Å²) in [5, 5.41) is 4.93. The van der Waals surface area contributed by atoms with E-state index in [0.29, 0.717) is 5.92 Å². The summed E-state index contributed by atoms with van der Waals surface area (Å²) >= 11 is 0. The SMILES string of the molecule is Cc1cc2c(cc1C(C)(C)c1ccccc1C#Cc1ccc(-c3cccc4ccccc34)c3ccccc13)C(C)Cc1ccccc1C2(C)C. The predicted octanol–water partition coefficient (Wildman–Crippen LogP) is 12.7. The molecule has 0 heteroatoms. The van der Waals surface area contributed by atoms with Gasteiger partial charge in [0.2, 0.25) is 0 Å². The van der Waals surface area contributed by atoms with E-state index < -0.39 is 0 Å². The van der Waals surface area contributed by atoms with E-state index in [2.05, 4.69) is 193 Å². The van der Waals surface area contributed by atoms with E-state index in [1.54, 1.807) is 0 Å². The van der Waals surface area contributed by atoms with Gasteiger partial charge >= 0.3 is 0 Å². The number of hydrogen-bond acceptors (Lipinski definition) is 0. The fourth-order valence-corrected chi connectivity index (χ4v) is 8.76. The van der Waals surface area contributed by atoms with Crippen LogP contribution in [0.15, 0.2) is 140 Å². The molecule has 244 valence electrons. The van der Waals surface area contributed by atoms with Gasteiger partial charge in [0.25, 0.3) is 0 Å². The van der Waals surface area contributed by atoms with E-state index in [1.807, 2.05) is 0 Å². The van der Waals surface area contributed by atoms with E-state index in [9.17, 15) is 0 Å². The highest BCUT2D eigenvalue weighted by Gasteiger charge is 2.35. The molecule has 0 N–H and O–H groups in total. The maximum Gasteiger partial charge on any atom is 0.0327 e. The Hall–Kier alpha value is -5.38. The first-order chi connectivity index (χ1) is 24.1. The molecule has 1 aliphatic carbocycles. The summed E-state index contributed by atoms with van der Waals surface area (Å²) in [6.45, 7) is 14.2. The Labute approximate surface area is 297 Å². The molecule has 0 aromatic heterocycles. The average Bonchev–Trinajstić information content (AvgIpc) is 3.21. The van der Waals surface area contributed by atoms with Crippen LogP contribution in [0, 0.1) is 18.8 Å². The zero-order chi connectivity index (χ0) is 34.6. The number of benzene rings is 7. The van der Waals surface area contributed by atoms with Gasteiger partial charge in [0.15, 0.2) is 0 Å². The van der Waals surface area contributed by atoms with Crippen molar-refractivity contribution in [2.75, 3.05) is 0 Å². The van der Waals surface area contributed by atoms with Gasteiger partial charge in [0, 0.05) is 22.0 Å². The molecule has 0 saturated carbocycles. The third kappa shape index (κ3) is 5.25. The Kier molecular flexibility index (Phi) is 7.77. The average molecular weight is 645 g/mol. The first-order valence-corrected chi connectivity index (χ1v) is 18.0. The fourth-order valence-electron chi connectivity index (χ4n) is 8.76. The van der Waals surface area contributed by atoms with E-state index >= 15 is 0 Å². The Bertz CT molecular complexity index is 2490. The smallest absolute Gasteiger partial charge is 0.0327 e. The predicted molar refractivity (Wildman–Crippen MR) is 213 cm³/mol. The van der Waals surface area contributed by atoms with E-state index in [-0.39, 0.29) is 10.8 Å². The van der Waals surface area contributed by atoms with E-state index in [1.165, 1.54) is 71.6 Å². The second-order valence-corrected chi connectivity index (χ2v) is 15.3. The summed E-state index contributed by atoms with van der Waals surface area (Å²) in [5.41, 5.74) is 14.2. The lowest BCUT2D eigenvalue weighted by Crippen LogP contribution is -2.25. The number of hydrogen-bond donors (Lipinski definition) is 0. The molecule has 0 aliphatic heterocycles. The molecule has 50 heavy (non-hydrogen) atoms. The maximum atomic E-state index is 3.66. The molecular formula is C50H44. The van der Waals surface area contributed by atoms with Crippen molar-refractivity contribution < 1.29 is 0 Å². The van der Waals surface area contributed by atoms with Gasteiger partial charge in [0.05, 0.1) is 0 Å². The van der Waals surface area contributed by atoms with Crippen molar-refractivity contribution in [2.24, 2.45) is 0 Å². The minimum absolute atomic E-state index is 0.0561. The van der Waals surface area contributed by atoms with Crippen LogP contribution in [0.5, 0.6) is 0 Å². The second-order valence-electron chi connectivity index (χ2n) is 15.3. The molecule has 0 amide bonds. The van der Waals surface area contributed by atoms with Gasteiger partial charge in [-0.05, 0) is 103 Å². The quantitative estimate of drug-likeness (QED) is 0.168. The molecule has 0 saturated heterocycles. The maximum absolute atomic E-state index is 3.66. The van der Waals surface area contributed by atoms with Gasteiger partial charge in [-0.3, -0.25) is 0 Å². The van der Waals surface area contributed by atoms with Crippen LogP contribution in [0.1, 0.15) is 90.6 Å². The molecule has 0 bridgehead atoms. The van der Waals surface area contributed by atoms with Gasteiger partial charge < -0.3 is 0 Å². The van der Waals surface area contributed by atoms with Crippen LogP contribution in [0.25, 0.3) is 32.7 Å². The molecule has 0 nitrogen and oxygen atoms in total. The largest absolute Gasteiger partial charge is 0.0620 e. The summed E-state index contributed by atoms with van der Waals surface area (Å²) in [6.07, 6.45) is 1.06. The molecule has 0 radical (unpaired) electrons. The molecule has 0 fully saturated rings. The second kappa shape index (κ2) is 12.2. The summed E-state index contributed by atoms with van der Waals surface area (Å²) in [7, 11) is 0. The van der Waals surface area contributed by atoms with Crippen molar-refractivity contribution in [3.05, 3.63) is 190 Å². The molecule has 1 atom stereocenters. The Morgan fingerprint density at radius 2 is 1.22 bits per heavy atom.